The Balaban J connectivity index is 0.000000584. The van der Waals surface area contributed by atoms with E-state index in [0.29, 0.717) is 101 Å². The maximum Gasteiger partial charge on any atom is 0.259 e. The quantitative estimate of drug-likeness (QED) is 0.0565. The Bertz CT molecular complexity index is 1170. The molecule has 1 saturated heterocycles. The van der Waals surface area contributed by atoms with Crippen molar-refractivity contribution in [3.8, 4) is 0 Å². The van der Waals surface area contributed by atoms with Crippen LogP contribution in [-0.2, 0) is 18.4 Å². The number of aliphatic hydroxyl groups excluding tert-OH is 1. The smallest absolute Gasteiger partial charge is 0.259 e. The summed E-state index contributed by atoms with van der Waals surface area (Å²) < 4.78 is 39.7. The molecule has 312 valence electrons. The average Bonchev–Trinajstić information content (AvgIpc) is 3.74. The van der Waals surface area contributed by atoms with E-state index in [-0.39, 0.29) is 23.4 Å². The van der Waals surface area contributed by atoms with Crippen LogP contribution in [-0.4, -0.2) is 121 Å². The predicted molar refractivity (Wildman–Crippen MR) is 226 cm³/mol. The van der Waals surface area contributed by atoms with Crippen molar-refractivity contribution in [1.29, 1.82) is 1.43 Å². The molecular formula is C41H78N6O5P2. The summed E-state index contributed by atoms with van der Waals surface area (Å²) in [6.07, 6.45) is 9.33. The van der Waals surface area contributed by atoms with Crippen LogP contribution in [0.25, 0.3) is 9.69 Å². The van der Waals surface area contributed by atoms with Gasteiger partial charge in [-0.25, -0.2) is 27.2 Å². The second-order valence-corrected chi connectivity index (χ2v) is 19.7. The molecule has 4 unspecified atom stereocenters. The zero-order chi connectivity index (χ0) is 42.6. The highest BCUT2D eigenvalue weighted by Gasteiger charge is 2.40. The summed E-state index contributed by atoms with van der Waals surface area (Å²) in [4.78, 5) is 21.8. The Labute approximate surface area is 337 Å². The minimum absolute atomic E-state index is 0.241. The van der Waals surface area contributed by atoms with Gasteiger partial charge in [0.25, 0.3) is 8.53 Å². The van der Waals surface area contributed by atoms with Gasteiger partial charge in [-0.15, -0.1) is 0 Å². The molecule has 1 aliphatic heterocycles. The Hall–Kier alpha value is -1.23. The molecule has 1 saturated carbocycles. The van der Waals surface area contributed by atoms with E-state index in [9.17, 15) is 4.79 Å². The number of carbonyl (C=O) groups is 1. The zero-order valence-electron chi connectivity index (χ0n) is 38.2. The van der Waals surface area contributed by atoms with Crippen molar-refractivity contribution in [2.75, 3.05) is 53.1 Å². The number of amides is 1. The third-order valence-corrected chi connectivity index (χ3v) is 15.2. The fourth-order valence-corrected chi connectivity index (χ4v) is 11.8. The van der Waals surface area contributed by atoms with E-state index in [4.69, 9.17) is 29.5 Å². The van der Waals surface area contributed by atoms with Crippen molar-refractivity contribution in [3.05, 3.63) is 35.0 Å². The molecule has 0 aromatic heterocycles. The van der Waals surface area contributed by atoms with Gasteiger partial charge in [0.2, 0.25) is 20.4 Å². The van der Waals surface area contributed by atoms with E-state index >= 15 is 0 Å². The van der Waals surface area contributed by atoms with Crippen molar-refractivity contribution < 1.29 is 24.8 Å². The van der Waals surface area contributed by atoms with Gasteiger partial charge in [-0.2, -0.15) is 0 Å². The maximum atomic E-state index is 13.0. The molecule has 3 aliphatic rings. The summed E-state index contributed by atoms with van der Waals surface area (Å²) in [5.74, 6) is 2.12. The molecule has 1 N–H and O–H groups in total. The molecule has 2 aliphatic carbocycles. The maximum absolute atomic E-state index is 13.0. The number of carbonyl (C=O) groups excluding carboxylic acids is 1. The molecule has 1 heterocycles. The summed E-state index contributed by atoms with van der Waals surface area (Å²) in [5.41, 5.74) is -0.241. The van der Waals surface area contributed by atoms with Gasteiger partial charge in [-0.05, 0) is 132 Å². The fourth-order valence-electron chi connectivity index (χ4n) is 7.76. The molecule has 0 spiro atoms. The van der Waals surface area contributed by atoms with E-state index < -0.39 is 17.0 Å². The fraction of sp³-hybridized carbons (Fsp3) is 0.878. The van der Waals surface area contributed by atoms with Crippen LogP contribution in [0.3, 0.4) is 0 Å². The normalized spacial score (nSPS) is 21.6. The largest absolute Gasteiger partial charge is 0.400 e. The zero-order valence-corrected chi connectivity index (χ0v) is 38.0. The first-order valence-corrected chi connectivity index (χ1v) is 22.5. The van der Waals surface area contributed by atoms with Gasteiger partial charge >= 0.3 is 0 Å². The van der Waals surface area contributed by atoms with Gasteiger partial charge in [0.1, 0.15) is 13.2 Å². The lowest BCUT2D eigenvalue weighted by atomic mass is 9.81. The van der Waals surface area contributed by atoms with Crippen LogP contribution < -0.4 is 0 Å². The summed E-state index contributed by atoms with van der Waals surface area (Å²) in [6.45, 7) is 44.0. The molecular weight excluding hydrogens is 718 g/mol. The number of piperidine rings is 1. The second kappa shape index (κ2) is 25.9. The van der Waals surface area contributed by atoms with Gasteiger partial charge < -0.3 is 33.3 Å². The van der Waals surface area contributed by atoms with Gasteiger partial charge in [0, 0.05) is 64.2 Å². The summed E-state index contributed by atoms with van der Waals surface area (Å²) in [6, 6.07) is 2.22. The van der Waals surface area contributed by atoms with Crippen LogP contribution in [0.2, 0.25) is 0 Å². The number of aliphatic hydroxyl groups is 1. The highest BCUT2D eigenvalue weighted by molar-refractivity contribution is 7.47. The van der Waals surface area contributed by atoms with E-state index in [0.717, 1.165) is 12.8 Å². The third-order valence-electron chi connectivity index (χ3n) is 10.1. The van der Waals surface area contributed by atoms with Gasteiger partial charge in [0.15, 0.2) is 8.45 Å². The van der Waals surface area contributed by atoms with Crippen LogP contribution in [0.15, 0.2) is 12.2 Å². The molecule has 0 aromatic carbocycles. The average molecular weight is 801 g/mol. The molecule has 11 nitrogen and oxygen atoms in total. The lowest BCUT2D eigenvalue weighted by molar-refractivity contribution is -0.135. The highest BCUT2D eigenvalue weighted by atomic mass is 31.2. The van der Waals surface area contributed by atoms with Gasteiger partial charge in [-0.1, -0.05) is 19.1 Å². The molecule has 3 rings (SSSR count). The summed E-state index contributed by atoms with van der Waals surface area (Å²) in [7, 11) is -0.835. The molecule has 0 aromatic rings. The topological polar surface area (TPSA) is 86.7 Å². The van der Waals surface area contributed by atoms with Crippen LogP contribution in [0.1, 0.15) is 123 Å². The molecule has 13 heteroatoms. The molecule has 2 fully saturated rings. The summed E-state index contributed by atoms with van der Waals surface area (Å²) in [5, 5.41) is 3.50. The van der Waals surface area contributed by atoms with Crippen molar-refractivity contribution in [3.63, 3.8) is 0 Å². The number of fused-ring (bicyclic) bond motifs is 2. The number of allylic oxidation sites excluding steroid dienone is 2. The second-order valence-electron chi connectivity index (χ2n) is 16.5. The standard InChI is InChI=1S/C25H42N3O3P.C15H32N3OP.CH4O/c1-19(2)28(20(3)4)32(30-14-11-26-6)31-18-25(5)9-12-27(13-10-25)24(29)17-23-16-21-7-8-22(23)15-21;1-12(2)17(13(3)4)20(19-11-10-16-9)18(14(5)6)15(7)8;1-2/h7-8,19-23H,9-18H2,1-5H3;12-15H,10-11H2,1-8H3;2H,1H3/i5T;;2T. The van der Waals surface area contributed by atoms with Crippen molar-refractivity contribution in [1.82, 2.24) is 18.9 Å². The minimum Gasteiger partial charge on any atom is -0.400 e. The molecule has 2 bridgehead atoms. The van der Waals surface area contributed by atoms with Gasteiger partial charge in [-0.3, -0.25) is 4.79 Å². The number of hydrogen-bond acceptors (Lipinski definition) is 8. The number of nitrogens with zero attached hydrogens (tertiary/aromatic N) is 6. The highest BCUT2D eigenvalue weighted by Crippen LogP contribution is 2.51. The SMILES string of the molecule is [3H]CC1(COP(OCC[N+]#[C-])N(C(C)C)C(C)C)CCN(C(=O)CC2CC3C=CC2C3)CC1.[3H]OC.[C-]#[N+]CCOP(N(C(C)C)C(C)C)N(C(C)C)C(C)C. The lowest BCUT2D eigenvalue weighted by Crippen LogP contribution is -2.44. The third kappa shape index (κ3) is 16.3. The van der Waals surface area contributed by atoms with E-state index in [1.165, 1.54) is 20.0 Å². The molecule has 4 atom stereocenters. The van der Waals surface area contributed by atoms with Crippen LogP contribution in [0.4, 0.5) is 0 Å². The Morgan fingerprint density at radius 2 is 1.31 bits per heavy atom. The van der Waals surface area contributed by atoms with E-state index in [2.05, 4.69) is 124 Å². The van der Waals surface area contributed by atoms with Crippen molar-refractivity contribution in [2.45, 2.75) is 158 Å². The summed E-state index contributed by atoms with van der Waals surface area (Å²) >= 11 is 0. The number of hydrogen-bond donors (Lipinski definition) is 1. The first-order valence-electron chi connectivity index (χ1n) is 21.3. The molecule has 0 radical (unpaired) electrons. The van der Waals surface area contributed by atoms with Crippen molar-refractivity contribution in [2.24, 2.45) is 23.2 Å². The Kier molecular flexibility index (Phi) is 22.6. The first kappa shape index (κ1) is 47.1. The Morgan fingerprint density at radius 1 is 0.833 bits per heavy atom. The van der Waals surface area contributed by atoms with E-state index in [1.54, 1.807) is 0 Å². The molecule has 1 amide bonds. The lowest BCUT2D eigenvalue weighted by Gasteiger charge is -2.45. The number of rotatable bonds is 20. The van der Waals surface area contributed by atoms with Crippen LogP contribution in [0.5, 0.6) is 0 Å². The van der Waals surface area contributed by atoms with Crippen molar-refractivity contribution >= 4 is 22.9 Å². The molecule has 54 heavy (non-hydrogen) atoms. The number of likely N-dealkylation sites (tertiary alicyclic amines) is 1. The Morgan fingerprint density at radius 3 is 1.70 bits per heavy atom. The first-order chi connectivity index (χ1) is 26.4. The predicted octanol–water partition coefficient (Wildman–Crippen LogP) is 9.51. The van der Waals surface area contributed by atoms with Crippen LogP contribution >= 0.6 is 17.0 Å². The van der Waals surface area contributed by atoms with E-state index in [1.807, 2.05) is 4.90 Å². The van der Waals surface area contributed by atoms with Gasteiger partial charge in [0.05, 0.1) is 6.61 Å². The monoisotopic (exact) mass is 801 g/mol. The van der Waals surface area contributed by atoms with Crippen LogP contribution in [0, 0.1) is 36.3 Å². The minimum atomic E-state index is -1.29.